The van der Waals surface area contributed by atoms with Crippen molar-refractivity contribution in [2.24, 2.45) is 0 Å². The average Bonchev–Trinajstić information content (AvgIpc) is 2.54. The Kier molecular flexibility index (Phi) is 4.51. The van der Waals surface area contributed by atoms with E-state index >= 15 is 0 Å². The van der Waals surface area contributed by atoms with E-state index in [1.54, 1.807) is 24.5 Å². The van der Waals surface area contributed by atoms with Crippen LogP contribution in [0.5, 0.6) is 0 Å². The Morgan fingerprint density at radius 3 is 2.67 bits per heavy atom. The molecule has 0 amide bonds. The number of halogens is 2. The van der Waals surface area contributed by atoms with Crippen LogP contribution >= 0.6 is 23.2 Å². The van der Waals surface area contributed by atoms with E-state index in [0.29, 0.717) is 21.8 Å². The van der Waals surface area contributed by atoms with Crippen molar-refractivity contribution in [2.45, 2.75) is 13.5 Å². The SMILES string of the molecule is CC(=O)OCc1nc2c(Cl)cc(Cl)cn2c(=O)c1-c1ccncc1. The van der Waals surface area contributed by atoms with Crippen LogP contribution in [0.15, 0.2) is 41.6 Å². The molecular weight excluding hydrogens is 353 g/mol. The zero-order valence-corrected chi connectivity index (χ0v) is 14.0. The fraction of sp³-hybridized carbons (Fsp3) is 0.125. The monoisotopic (exact) mass is 363 g/mol. The highest BCUT2D eigenvalue weighted by Crippen LogP contribution is 2.24. The number of rotatable bonds is 3. The molecule has 0 unspecified atom stereocenters. The first kappa shape index (κ1) is 16.4. The highest BCUT2D eigenvalue weighted by atomic mass is 35.5. The number of aromatic nitrogens is 3. The smallest absolute Gasteiger partial charge is 0.303 e. The second-order valence-corrected chi connectivity index (χ2v) is 5.80. The number of carbonyl (C=O) groups excluding carboxylic acids is 1. The molecule has 0 saturated carbocycles. The molecule has 6 nitrogen and oxygen atoms in total. The van der Waals surface area contributed by atoms with E-state index in [1.165, 1.54) is 23.6 Å². The zero-order chi connectivity index (χ0) is 17.3. The van der Waals surface area contributed by atoms with Gasteiger partial charge in [0.1, 0.15) is 6.61 Å². The third kappa shape index (κ3) is 3.11. The highest BCUT2D eigenvalue weighted by Gasteiger charge is 2.17. The van der Waals surface area contributed by atoms with Crippen LogP contribution in [0, 0.1) is 0 Å². The molecule has 0 saturated heterocycles. The Balaban J connectivity index is 2.33. The molecule has 0 radical (unpaired) electrons. The van der Waals surface area contributed by atoms with Crippen molar-refractivity contribution >= 4 is 34.8 Å². The molecular formula is C16H11Cl2N3O3. The molecule has 0 bridgehead atoms. The lowest BCUT2D eigenvalue weighted by Gasteiger charge is -2.12. The minimum atomic E-state index is -0.472. The molecule has 3 aromatic rings. The largest absolute Gasteiger partial charge is 0.459 e. The predicted octanol–water partition coefficient (Wildman–Crippen LogP) is 3.13. The molecule has 0 aliphatic rings. The van der Waals surface area contributed by atoms with Crippen LogP contribution in [0.3, 0.4) is 0 Å². The topological polar surface area (TPSA) is 73.6 Å². The van der Waals surface area contributed by atoms with Crippen molar-refractivity contribution in [1.82, 2.24) is 14.4 Å². The third-order valence-corrected chi connectivity index (χ3v) is 3.79. The van der Waals surface area contributed by atoms with Gasteiger partial charge in [-0.25, -0.2) is 4.98 Å². The molecule has 0 atom stereocenters. The van der Waals surface area contributed by atoms with E-state index in [2.05, 4.69) is 9.97 Å². The highest BCUT2D eigenvalue weighted by molar-refractivity contribution is 6.36. The van der Waals surface area contributed by atoms with Gasteiger partial charge in [0, 0.05) is 25.5 Å². The molecule has 0 aliphatic heterocycles. The number of ether oxygens (including phenoxy) is 1. The maximum absolute atomic E-state index is 12.9. The maximum Gasteiger partial charge on any atom is 0.303 e. The van der Waals surface area contributed by atoms with Crippen LogP contribution in [0.1, 0.15) is 12.6 Å². The molecule has 24 heavy (non-hydrogen) atoms. The van der Waals surface area contributed by atoms with E-state index in [-0.39, 0.29) is 22.8 Å². The van der Waals surface area contributed by atoms with Crippen LogP contribution in [0.4, 0.5) is 0 Å². The molecule has 3 rings (SSSR count). The lowest BCUT2D eigenvalue weighted by atomic mass is 10.1. The number of pyridine rings is 2. The lowest BCUT2D eigenvalue weighted by molar-refractivity contribution is -0.142. The molecule has 122 valence electrons. The second kappa shape index (κ2) is 6.59. The normalized spacial score (nSPS) is 10.8. The summed E-state index contributed by atoms with van der Waals surface area (Å²) in [6.07, 6.45) is 4.56. The summed E-state index contributed by atoms with van der Waals surface area (Å²) in [5.74, 6) is -0.472. The minimum absolute atomic E-state index is 0.141. The predicted molar refractivity (Wildman–Crippen MR) is 90.2 cm³/mol. The Labute approximate surface area is 146 Å². The molecule has 3 aromatic heterocycles. The third-order valence-electron chi connectivity index (χ3n) is 3.30. The molecule has 3 heterocycles. The summed E-state index contributed by atoms with van der Waals surface area (Å²) in [7, 11) is 0. The minimum Gasteiger partial charge on any atom is -0.459 e. The summed E-state index contributed by atoms with van der Waals surface area (Å²) in [5.41, 5.74) is 1.10. The van der Waals surface area contributed by atoms with Gasteiger partial charge in [0.05, 0.1) is 21.3 Å². The molecule has 0 spiro atoms. The van der Waals surface area contributed by atoms with E-state index in [0.717, 1.165) is 0 Å². The number of hydrogen-bond donors (Lipinski definition) is 0. The summed E-state index contributed by atoms with van der Waals surface area (Å²) in [5, 5.41) is 0.537. The van der Waals surface area contributed by atoms with Crippen molar-refractivity contribution in [3.05, 3.63) is 62.9 Å². The standard InChI is InChI=1S/C16H11Cl2N3O3/c1-9(22)24-8-13-14(10-2-4-19-5-3-10)16(23)21-7-11(17)6-12(18)15(21)20-13/h2-7H,8H2,1H3. The average molecular weight is 364 g/mol. The zero-order valence-electron chi connectivity index (χ0n) is 12.5. The quantitative estimate of drug-likeness (QED) is 0.668. The van der Waals surface area contributed by atoms with Crippen molar-refractivity contribution < 1.29 is 9.53 Å². The first-order valence-electron chi connectivity index (χ1n) is 6.91. The number of hydrogen-bond acceptors (Lipinski definition) is 5. The van der Waals surface area contributed by atoms with Gasteiger partial charge in [0.2, 0.25) is 0 Å². The van der Waals surface area contributed by atoms with Gasteiger partial charge >= 0.3 is 5.97 Å². The number of esters is 1. The van der Waals surface area contributed by atoms with Gasteiger partial charge in [-0.05, 0) is 23.8 Å². The summed E-state index contributed by atoms with van der Waals surface area (Å²) in [6, 6.07) is 4.84. The van der Waals surface area contributed by atoms with Crippen molar-refractivity contribution in [3.8, 4) is 11.1 Å². The van der Waals surface area contributed by atoms with Gasteiger partial charge in [-0.3, -0.25) is 19.0 Å². The Bertz CT molecular complexity index is 987. The molecule has 0 aromatic carbocycles. The summed E-state index contributed by atoms with van der Waals surface area (Å²) in [6.45, 7) is 1.14. The first-order chi connectivity index (χ1) is 11.5. The number of fused-ring (bicyclic) bond motifs is 1. The van der Waals surface area contributed by atoms with Crippen LogP contribution in [-0.4, -0.2) is 20.3 Å². The van der Waals surface area contributed by atoms with E-state index in [4.69, 9.17) is 27.9 Å². The Morgan fingerprint density at radius 1 is 1.29 bits per heavy atom. The van der Waals surface area contributed by atoms with Gasteiger partial charge in [-0.15, -0.1) is 0 Å². The Morgan fingerprint density at radius 2 is 2.00 bits per heavy atom. The molecule has 0 N–H and O–H groups in total. The molecule has 0 fully saturated rings. The lowest BCUT2D eigenvalue weighted by Crippen LogP contribution is -2.21. The van der Waals surface area contributed by atoms with E-state index < -0.39 is 5.97 Å². The van der Waals surface area contributed by atoms with Crippen molar-refractivity contribution in [2.75, 3.05) is 0 Å². The van der Waals surface area contributed by atoms with Gasteiger partial charge in [-0.2, -0.15) is 0 Å². The number of carbonyl (C=O) groups is 1. The number of nitrogens with zero attached hydrogens (tertiary/aromatic N) is 3. The summed E-state index contributed by atoms with van der Waals surface area (Å²) < 4.78 is 6.30. The second-order valence-electron chi connectivity index (χ2n) is 4.95. The van der Waals surface area contributed by atoms with Gasteiger partial charge < -0.3 is 4.74 Å². The molecule has 8 heteroatoms. The summed E-state index contributed by atoms with van der Waals surface area (Å²) >= 11 is 12.1. The van der Waals surface area contributed by atoms with Crippen LogP contribution in [0.25, 0.3) is 16.8 Å². The Hall–Kier alpha value is -2.44. The maximum atomic E-state index is 12.9. The van der Waals surface area contributed by atoms with Crippen molar-refractivity contribution in [3.63, 3.8) is 0 Å². The first-order valence-corrected chi connectivity index (χ1v) is 7.67. The van der Waals surface area contributed by atoms with Crippen LogP contribution in [0.2, 0.25) is 10.0 Å². The fourth-order valence-electron chi connectivity index (χ4n) is 2.30. The van der Waals surface area contributed by atoms with Gasteiger partial charge in [0.15, 0.2) is 5.65 Å². The summed E-state index contributed by atoms with van der Waals surface area (Å²) in [4.78, 5) is 32.4. The van der Waals surface area contributed by atoms with Gasteiger partial charge in [0.25, 0.3) is 5.56 Å². The van der Waals surface area contributed by atoms with Gasteiger partial charge in [-0.1, -0.05) is 23.2 Å². The van der Waals surface area contributed by atoms with Crippen molar-refractivity contribution in [1.29, 1.82) is 0 Å². The van der Waals surface area contributed by atoms with Crippen LogP contribution < -0.4 is 5.56 Å². The molecule has 0 aliphatic carbocycles. The van der Waals surface area contributed by atoms with E-state index in [9.17, 15) is 9.59 Å². The fourth-order valence-corrected chi connectivity index (χ4v) is 2.81. The van der Waals surface area contributed by atoms with Crippen LogP contribution in [-0.2, 0) is 16.1 Å². The van der Waals surface area contributed by atoms with E-state index in [1.807, 2.05) is 0 Å².